The largest absolute Gasteiger partial charge is 0.457 e. The van der Waals surface area contributed by atoms with Crippen molar-refractivity contribution in [3.8, 4) is 0 Å². The molecule has 0 spiro atoms. The first-order valence-corrected chi connectivity index (χ1v) is 14.1. The summed E-state index contributed by atoms with van der Waals surface area (Å²) in [5.41, 5.74) is 1.97. The smallest absolute Gasteiger partial charge is 0.408 e. The molecule has 3 aromatic carbocycles. The summed E-state index contributed by atoms with van der Waals surface area (Å²) in [6.45, 7) is -0.231. The number of hydrogen-bond acceptors (Lipinski definition) is 12. The van der Waals surface area contributed by atoms with Crippen molar-refractivity contribution in [3.05, 3.63) is 140 Å². The summed E-state index contributed by atoms with van der Waals surface area (Å²) in [7, 11) is 0. The van der Waals surface area contributed by atoms with E-state index in [0.717, 1.165) is 5.56 Å². The SMILES string of the molecule is O=C(N[C@H](Cc1cn(Cc2ccccc2[N+](=O)[O-])nn1)C(=O)OCc1cn(Cc2ccccc2[N+](=O)[O-])nn1)OCc1ccccc1. The number of amides is 1. The van der Waals surface area contributed by atoms with Gasteiger partial charge in [0.15, 0.2) is 0 Å². The summed E-state index contributed by atoms with van der Waals surface area (Å²) in [5.74, 6) is -0.830. The zero-order valence-electron chi connectivity index (χ0n) is 24.6. The Bertz CT molecular complexity index is 1880. The Hall–Kier alpha value is -6.52. The van der Waals surface area contributed by atoms with Gasteiger partial charge in [-0.15, -0.1) is 10.2 Å². The molecule has 5 rings (SSSR count). The molecular weight excluding hydrogens is 614 g/mol. The molecule has 5 aromatic rings. The van der Waals surface area contributed by atoms with E-state index >= 15 is 0 Å². The van der Waals surface area contributed by atoms with E-state index < -0.39 is 28.0 Å². The van der Waals surface area contributed by atoms with E-state index in [-0.39, 0.29) is 49.8 Å². The van der Waals surface area contributed by atoms with Crippen molar-refractivity contribution in [3.63, 3.8) is 0 Å². The molecular formula is C30H27N9O8. The van der Waals surface area contributed by atoms with Crippen LogP contribution in [0.2, 0.25) is 0 Å². The molecule has 1 atom stereocenters. The van der Waals surface area contributed by atoms with Crippen LogP contribution < -0.4 is 5.32 Å². The minimum absolute atomic E-state index is 0.0385. The normalized spacial score (nSPS) is 11.4. The van der Waals surface area contributed by atoms with Gasteiger partial charge in [-0.05, 0) is 5.56 Å². The van der Waals surface area contributed by atoms with Crippen molar-refractivity contribution >= 4 is 23.4 Å². The molecule has 2 aromatic heterocycles. The first-order chi connectivity index (χ1) is 22.7. The highest BCUT2D eigenvalue weighted by atomic mass is 16.6. The van der Waals surface area contributed by atoms with Gasteiger partial charge >= 0.3 is 12.1 Å². The van der Waals surface area contributed by atoms with Gasteiger partial charge < -0.3 is 14.8 Å². The second-order valence-corrected chi connectivity index (χ2v) is 10.2. The molecule has 1 N–H and O–H groups in total. The quantitative estimate of drug-likeness (QED) is 0.105. The van der Waals surface area contributed by atoms with Crippen molar-refractivity contribution in [1.82, 2.24) is 35.3 Å². The first-order valence-electron chi connectivity index (χ1n) is 14.1. The Kier molecular flexibility index (Phi) is 10.2. The fourth-order valence-corrected chi connectivity index (χ4v) is 4.54. The van der Waals surface area contributed by atoms with Crippen molar-refractivity contribution in [2.75, 3.05) is 0 Å². The fourth-order valence-electron chi connectivity index (χ4n) is 4.54. The number of carbonyl (C=O) groups excluding carboxylic acids is 2. The Balaban J connectivity index is 1.25. The fraction of sp³-hybridized carbons (Fsp3) is 0.200. The van der Waals surface area contributed by atoms with Crippen LogP contribution in [0, 0.1) is 20.2 Å². The molecule has 47 heavy (non-hydrogen) atoms. The number of esters is 1. The summed E-state index contributed by atoms with van der Waals surface area (Å²) in [6.07, 6.45) is 1.97. The molecule has 17 heteroatoms. The van der Waals surface area contributed by atoms with Gasteiger partial charge in [0.2, 0.25) is 0 Å². The van der Waals surface area contributed by atoms with Crippen LogP contribution in [-0.4, -0.2) is 57.9 Å². The lowest BCUT2D eigenvalue weighted by molar-refractivity contribution is -0.385. The molecule has 0 aliphatic carbocycles. The van der Waals surface area contributed by atoms with Gasteiger partial charge in [0, 0.05) is 24.8 Å². The van der Waals surface area contributed by atoms with E-state index in [2.05, 4.69) is 25.9 Å². The number of rotatable bonds is 14. The summed E-state index contributed by atoms with van der Waals surface area (Å²) >= 11 is 0. The third-order valence-electron chi connectivity index (χ3n) is 6.78. The van der Waals surface area contributed by atoms with Gasteiger partial charge in [-0.25, -0.2) is 19.0 Å². The van der Waals surface area contributed by atoms with Gasteiger partial charge in [0.05, 0.1) is 46.0 Å². The molecule has 2 heterocycles. The lowest BCUT2D eigenvalue weighted by Crippen LogP contribution is -2.43. The lowest BCUT2D eigenvalue weighted by Gasteiger charge is -2.16. The monoisotopic (exact) mass is 641 g/mol. The first kappa shape index (κ1) is 31.9. The van der Waals surface area contributed by atoms with Gasteiger partial charge in [0.1, 0.15) is 24.9 Å². The molecule has 0 unspecified atom stereocenters. The number of para-hydroxylation sites is 2. The summed E-state index contributed by atoms with van der Waals surface area (Å²) < 4.78 is 13.5. The van der Waals surface area contributed by atoms with Crippen LogP contribution in [0.3, 0.4) is 0 Å². The molecule has 1 amide bonds. The molecule has 0 aliphatic rings. The average molecular weight is 642 g/mol. The highest BCUT2D eigenvalue weighted by Crippen LogP contribution is 2.20. The van der Waals surface area contributed by atoms with E-state index in [1.165, 1.54) is 33.9 Å². The van der Waals surface area contributed by atoms with Gasteiger partial charge in [-0.2, -0.15) is 0 Å². The lowest BCUT2D eigenvalue weighted by atomic mass is 10.1. The molecule has 0 aliphatic heterocycles. The zero-order chi connectivity index (χ0) is 33.2. The molecule has 0 radical (unpaired) electrons. The van der Waals surface area contributed by atoms with Crippen molar-refractivity contribution in [2.45, 2.75) is 38.8 Å². The van der Waals surface area contributed by atoms with Gasteiger partial charge in [-0.3, -0.25) is 20.2 Å². The van der Waals surface area contributed by atoms with Crippen LogP contribution in [0.15, 0.2) is 91.3 Å². The molecule has 17 nitrogen and oxygen atoms in total. The second kappa shape index (κ2) is 15.0. The zero-order valence-corrected chi connectivity index (χ0v) is 24.6. The van der Waals surface area contributed by atoms with Crippen LogP contribution in [0.1, 0.15) is 28.1 Å². The van der Waals surface area contributed by atoms with Crippen molar-refractivity contribution in [1.29, 1.82) is 0 Å². The number of nitrogens with zero attached hydrogens (tertiary/aromatic N) is 8. The summed E-state index contributed by atoms with van der Waals surface area (Å²) in [5, 5.41) is 41.2. The van der Waals surface area contributed by atoms with Crippen LogP contribution in [0.5, 0.6) is 0 Å². The predicted octanol–water partition coefficient (Wildman–Crippen LogP) is 3.36. The van der Waals surface area contributed by atoms with E-state index in [1.54, 1.807) is 60.7 Å². The van der Waals surface area contributed by atoms with Crippen LogP contribution in [0.4, 0.5) is 16.2 Å². The molecule has 0 bridgehead atoms. The maximum absolute atomic E-state index is 13.2. The second-order valence-electron chi connectivity index (χ2n) is 10.2. The molecule has 0 fully saturated rings. The maximum atomic E-state index is 13.2. The van der Waals surface area contributed by atoms with Gasteiger partial charge in [-0.1, -0.05) is 77.2 Å². The topological polar surface area (TPSA) is 212 Å². The minimum atomic E-state index is -1.25. The highest BCUT2D eigenvalue weighted by molar-refractivity contribution is 5.81. The third kappa shape index (κ3) is 8.78. The standard InChI is InChI=1S/C30H27N9O8/c40-29(46-20-25-18-37(35-33-25)16-23-11-5-7-13-28(23)39(44)45)26(31-30(41)47-19-21-8-2-1-3-9-21)14-24-17-36(34-32-24)15-22-10-4-6-12-27(22)38(42)43/h1-13,17-18,26H,14-16,19-20H2,(H,31,41)/t26-/m1/s1. The van der Waals surface area contributed by atoms with Crippen molar-refractivity contribution in [2.24, 2.45) is 0 Å². The number of hydrogen-bond donors (Lipinski definition) is 1. The Morgan fingerprint density at radius 2 is 1.26 bits per heavy atom. The molecule has 240 valence electrons. The Labute approximate surface area is 266 Å². The van der Waals surface area contributed by atoms with Crippen LogP contribution >= 0.6 is 0 Å². The Morgan fingerprint density at radius 3 is 1.85 bits per heavy atom. The number of benzene rings is 3. The van der Waals surface area contributed by atoms with E-state index in [4.69, 9.17) is 9.47 Å². The number of aromatic nitrogens is 6. The Morgan fingerprint density at radius 1 is 0.723 bits per heavy atom. The predicted molar refractivity (Wildman–Crippen MR) is 161 cm³/mol. The van der Waals surface area contributed by atoms with Crippen LogP contribution in [-0.2, 0) is 47.0 Å². The van der Waals surface area contributed by atoms with E-state index in [1.807, 2.05) is 6.07 Å². The number of ether oxygens (including phenoxy) is 2. The van der Waals surface area contributed by atoms with E-state index in [9.17, 15) is 29.8 Å². The average Bonchev–Trinajstić information content (AvgIpc) is 3.72. The summed E-state index contributed by atoms with van der Waals surface area (Å²) in [6, 6.07) is 20.1. The minimum Gasteiger partial charge on any atom is -0.457 e. The number of nitro groups is 2. The highest BCUT2D eigenvalue weighted by Gasteiger charge is 2.26. The number of carbonyl (C=O) groups is 2. The molecule has 0 saturated heterocycles. The number of alkyl carbamates (subject to hydrolysis) is 1. The third-order valence-corrected chi connectivity index (χ3v) is 6.78. The van der Waals surface area contributed by atoms with Crippen molar-refractivity contribution < 1.29 is 28.9 Å². The number of nitro benzene ring substituents is 2. The van der Waals surface area contributed by atoms with Gasteiger partial charge in [0.25, 0.3) is 11.4 Å². The summed E-state index contributed by atoms with van der Waals surface area (Å²) in [4.78, 5) is 47.6. The van der Waals surface area contributed by atoms with E-state index in [0.29, 0.717) is 16.8 Å². The maximum Gasteiger partial charge on any atom is 0.408 e. The molecule has 0 saturated carbocycles. The van der Waals surface area contributed by atoms with Crippen LogP contribution in [0.25, 0.3) is 0 Å². The number of nitrogens with one attached hydrogen (secondary N) is 1.